The molecule has 0 spiro atoms. The van der Waals surface area contributed by atoms with Crippen molar-refractivity contribution in [2.75, 3.05) is 11.9 Å². The first-order chi connectivity index (χ1) is 17.1. The fraction of sp³-hybridized carbons (Fsp3) is 0.417. The molecule has 2 aromatic heterocycles. The lowest BCUT2D eigenvalue weighted by atomic mass is 9.86. The van der Waals surface area contributed by atoms with Gasteiger partial charge in [0.05, 0.1) is 29.8 Å². The SMILES string of the molecule is CCOC(=O)[C@H]1CC[C@H](n2cc3cc(NC(=O)c4cccc(C(F)(F)F)n4)c(C(F)F)cc3n2)CC1. The number of carbonyl (C=O) groups excluding carboxylic acids is 2. The van der Waals surface area contributed by atoms with Gasteiger partial charge in [-0.3, -0.25) is 14.3 Å². The fourth-order valence-corrected chi connectivity index (χ4v) is 4.32. The van der Waals surface area contributed by atoms with Gasteiger partial charge in [-0.25, -0.2) is 13.8 Å². The van der Waals surface area contributed by atoms with E-state index in [9.17, 15) is 31.5 Å². The quantitative estimate of drug-likeness (QED) is 0.328. The van der Waals surface area contributed by atoms with Crippen molar-refractivity contribution >= 4 is 28.5 Å². The van der Waals surface area contributed by atoms with Crippen LogP contribution in [0.3, 0.4) is 0 Å². The third-order valence-electron chi connectivity index (χ3n) is 6.14. The van der Waals surface area contributed by atoms with E-state index in [1.807, 2.05) is 0 Å². The smallest absolute Gasteiger partial charge is 0.433 e. The summed E-state index contributed by atoms with van der Waals surface area (Å²) in [6.45, 7) is 2.07. The summed E-state index contributed by atoms with van der Waals surface area (Å²) >= 11 is 0. The van der Waals surface area contributed by atoms with E-state index in [2.05, 4.69) is 15.4 Å². The molecule has 1 N–H and O–H groups in total. The summed E-state index contributed by atoms with van der Waals surface area (Å²) in [4.78, 5) is 27.8. The number of rotatable bonds is 6. The highest BCUT2D eigenvalue weighted by Crippen LogP contribution is 2.36. The second-order valence-corrected chi connectivity index (χ2v) is 8.53. The number of benzene rings is 1. The predicted octanol–water partition coefficient (Wildman–Crippen LogP) is 5.93. The Labute approximate surface area is 202 Å². The van der Waals surface area contributed by atoms with Crippen molar-refractivity contribution in [3.05, 3.63) is 53.5 Å². The molecule has 7 nitrogen and oxygen atoms in total. The molecule has 0 aliphatic heterocycles. The minimum Gasteiger partial charge on any atom is -0.466 e. The highest BCUT2D eigenvalue weighted by atomic mass is 19.4. The van der Waals surface area contributed by atoms with E-state index in [0.29, 0.717) is 43.7 Å². The van der Waals surface area contributed by atoms with Crippen LogP contribution in [0, 0.1) is 5.92 Å². The Morgan fingerprint density at radius 3 is 2.53 bits per heavy atom. The highest BCUT2D eigenvalue weighted by Gasteiger charge is 2.33. The van der Waals surface area contributed by atoms with E-state index >= 15 is 0 Å². The summed E-state index contributed by atoms with van der Waals surface area (Å²) in [5.74, 6) is -1.45. The van der Waals surface area contributed by atoms with Gasteiger partial charge in [0.15, 0.2) is 0 Å². The van der Waals surface area contributed by atoms with Crippen molar-refractivity contribution in [3.63, 3.8) is 0 Å². The van der Waals surface area contributed by atoms with Crippen molar-refractivity contribution in [1.82, 2.24) is 14.8 Å². The molecule has 1 aliphatic rings. The van der Waals surface area contributed by atoms with Gasteiger partial charge in [0.1, 0.15) is 11.4 Å². The highest BCUT2D eigenvalue weighted by molar-refractivity contribution is 6.04. The molecule has 2 heterocycles. The standard InChI is InChI=1S/C24H23F5N4O3/c1-2-36-23(35)13-6-8-15(9-7-13)33-12-14-10-19(16(21(25)26)11-18(14)32-33)31-22(34)17-4-3-5-20(30-17)24(27,28)29/h3-5,10-13,15,21H,2,6-9H2,1H3,(H,31,34)/t13-,15-. The molecule has 1 aromatic carbocycles. The van der Waals surface area contributed by atoms with Gasteiger partial charge in [0, 0.05) is 17.1 Å². The van der Waals surface area contributed by atoms with Crippen LogP contribution in [0.1, 0.15) is 66.8 Å². The van der Waals surface area contributed by atoms with Crippen LogP contribution in [-0.4, -0.2) is 33.2 Å². The van der Waals surface area contributed by atoms with Gasteiger partial charge in [-0.1, -0.05) is 6.07 Å². The molecule has 0 saturated heterocycles. The van der Waals surface area contributed by atoms with Crippen molar-refractivity contribution in [2.45, 2.75) is 51.3 Å². The molecule has 1 amide bonds. The fourth-order valence-electron chi connectivity index (χ4n) is 4.32. The molecule has 0 radical (unpaired) electrons. The van der Waals surface area contributed by atoms with Gasteiger partial charge in [-0.05, 0) is 56.9 Å². The Morgan fingerprint density at radius 2 is 1.89 bits per heavy atom. The van der Waals surface area contributed by atoms with Crippen LogP contribution in [0.4, 0.5) is 27.6 Å². The molecule has 1 aliphatic carbocycles. The third kappa shape index (κ3) is 5.47. The van der Waals surface area contributed by atoms with Gasteiger partial charge in [-0.15, -0.1) is 0 Å². The summed E-state index contributed by atoms with van der Waals surface area (Å²) in [5.41, 5.74) is -2.29. The Bertz CT molecular complexity index is 1270. The van der Waals surface area contributed by atoms with Gasteiger partial charge in [0.2, 0.25) is 0 Å². The number of anilines is 1. The van der Waals surface area contributed by atoms with Crippen LogP contribution in [0.25, 0.3) is 10.9 Å². The summed E-state index contributed by atoms with van der Waals surface area (Å²) in [6, 6.07) is 5.22. The second-order valence-electron chi connectivity index (χ2n) is 8.53. The Morgan fingerprint density at radius 1 is 1.17 bits per heavy atom. The number of hydrogen-bond acceptors (Lipinski definition) is 5. The number of fused-ring (bicyclic) bond motifs is 1. The van der Waals surface area contributed by atoms with E-state index in [1.165, 1.54) is 6.07 Å². The average Bonchev–Trinajstić information content (AvgIpc) is 3.26. The molecule has 1 fully saturated rings. The van der Waals surface area contributed by atoms with Gasteiger partial charge < -0.3 is 10.1 Å². The van der Waals surface area contributed by atoms with Crippen LogP contribution in [0.15, 0.2) is 36.5 Å². The van der Waals surface area contributed by atoms with Crippen LogP contribution >= 0.6 is 0 Å². The maximum absolute atomic E-state index is 13.8. The molecule has 4 rings (SSSR count). The van der Waals surface area contributed by atoms with E-state index in [4.69, 9.17) is 4.74 Å². The number of halogens is 5. The minimum atomic E-state index is -4.76. The number of carbonyl (C=O) groups is 2. The lowest BCUT2D eigenvalue weighted by Crippen LogP contribution is -2.25. The second kappa shape index (κ2) is 10.2. The van der Waals surface area contributed by atoms with Crippen molar-refractivity contribution in [3.8, 4) is 0 Å². The Kier molecular flexibility index (Phi) is 7.23. The first-order valence-corrected chi connectivity index (χ1v) is 11.4. The molecule has 36 heavy (non-hydrogen) atoms. The average molecular weight is 510 g/mol. The van der Waals surface area contributed by atoms with E-state index in [-0.39, 0.29) is 29.1 Å². The molecule has 1 saturated carbocycles. The largest absolute Gasteiger partial charge is 0.466 e. The Hall–Kier alpha value is -3.57. The predicted molar refractivity (Wildman–Crippen MR) is 120 cm³/mol. The summed E-state index contributed by atoms with van der Waals surface area (Å²) < 4.78 is 73.1. The topological polar surface area (TPSA) is 86.1 Å². The number of aromatic nitrogens is 3. The zero-order chi connectivity index (χ0) is 26.0. The Balaban J connectivity index is 1.56. The summed E-state index contributed by atoms with van der Waals surface area (Å²) in [7, 11) is 0. The molecule has 0 atom stereocenters. The zero-order valence-corrected chi connectivity index (χ0v) is 19.2. The number of nitrogens with one attached hydrogen (secondary N) is 1. The van der Waals surface area contributed by atoms with Gasteiger partial charge >= 0.3 is 12.1 Å². The van der Waals surface area contributed by atoms with Crippen molar-refractivity contribution in [1.29, 1.82) is 0 Å². The monoisotopic (exact) mass is 510 g/mol. The lowest BCUT2D eigenvalue weighted by molar-refractivity contribution is -0.149. The third-order valence-corrected chi connectivity index (χ3v) is 6.14. The normalized spacial score (nSPS) is 18.4. The number of nitrogens with zero attached hydrogens (tertiary/aromatic N) is 3. The summed E-state index contributed by atoms with van der Waals surface area (Å²) in [5, 5.41) is 7.15. The first-order valence-electron chi connectivity index (χ1n) is 11.4. The van der Waals surface area contributed by atoms with Crippen LogP contribution < -0.4 is 5.32 Å². The number of esters is 1. The number of alkyl halides is 5. The van der Waals surface area contributed by atoms with Crippen molar-refractivity contribution in [2.24, 2.45) is 5.92 Å². The maximum atomic E-state index is 13.8. The van der Waals surface area contributed by atoms with Crippen molar-refractivity contribution < 1.29 is 36.3 Å². The van der Waals surface area contributed by atoms with E-state index in [0.717, 1.165) is 18.2 Å². The first kappa shape index (κ1) is 25.5. The van der Waals surface area contributed by atoms with Gasteiger partial charge in [-0.2, -0.15) is 18.3 Å². The molecular weight excluding hydrogens is 487 g/mol. The molecule has 0 bridgehead atoms. The number of amides is 1. The van der Waals surface area contributed by atoms with E-state index < -0.39 is 35.5 Å². The lowest BCUT2D eigenvalue weighted by Gasteiger charge is -2.27. The van der Waals surface area contributed by atoms with Gasteiger partial charge in [0.25, 0.3) is 12.3 Å². The number of hydrogen-bond donors (Lipinski definition) is 1. The zero-order valence-electron chi connectivity index (χ0n) is 19.2. The molecule has 3 aromatic rings. The van der Waals surface area contributed by atoms with Crippen LogP contribution in [0.2, 0.25) is 0 Å². The van der Waals surface area contributed by atoms with Crippen LogP contribution in [-0.2, 0) is 15.7 Å². The van der Waals surface area contributed by atoms with E-state index in [1.54, 1.807) is 17.8 Å². The molecule has 192 valence electrons. The number of ether oxygens (including phenoxy) is 1. The van der Waals surface area contributed by atoms with Crippen LogP contribution in [0.5, 0.6) is 0 Å². The molecular formula is C24H23F5N4O3. The molecule has 0 unspecified atom stereocenters. The summed E-state index contributed by atoms with van der Waals surface area (Å²) in [6.07, 6.45) is -3.51. The molecule has 12 heteroatoms. The number of pyridine rings is 1. The maximum Gasteiger partial charge on any atom is 0.433 e. The minimum absolute atomic E-state index is 0.0366.